The Morgan fingerprint density at radius 3 is 2.72 bits per heavy atom. The maximum absolute atomic E-state index is 4.49. The monoisotopic (exact) mass is 470 g/mol. The molecule has 0 aliphatic carbocycles. The van der Waals surface area contributed by atoms with Crippen LogP contribution in [0.5, 0.6) is 0 Å². The molecule has 3 rings (SSSR count). The first kappa shape index (κ1) is 20.2. The van der Waals surface area contributed by atoms with Crippen LogP contribution in [0.3, 0.4) is 0 Å². The van der Waals surface area contributed by atoms with Gasteiger partial charge in [-0.1, -0.05) is 37.3 Å². The van der Waals surface area contributed by atoms with Gasteiger partial charge < -0.3 is 10.2 Å². The Labute approximate surface area is 171 Å². The number of nitrogens with one attached hydrogen (secondary N) is 1. The van der Waals surface area contributed by atoms with Crippen molar-refractivity contribution in [1.82, 2.24) is 15.2 Å². The average molecular weight is 470 g/mol. The van der Waals surface area contributed by atoms with Crippen molar-refractivity contribution in [3.63, 3.8) is 0 Å². The van der Waals surface area contributed by atoms with E-state index in [0.29, 0.717) is 11.8 Å². The van der Waals surface area contributed by atoms with Gasteiger partial charge in [-0.05, 0) is 30.7 Å². The smallest absolute Gasteiger partial charge is 0.193 e. The van der Waals surface area contributed by atoms with Crippen molar-refractivity contribution >= 4 is 41.3 Å². The van der Waals surface area contributed by atoms with E-state index in [1.54, 1.807) is 11.3 Å². The summed E-state index contributed by atoms with van der Waals surface area (Å²) in [7, 11) is 1.87. The predicted molar refractivity (Wildman–Crippen MR) is 117 cm³/mol. The lowest BCUT2D eigenvalue weighted by Gasteiger charge is -2.38. The molecule has 1 aliphatic heterocycles. The van der Waals surface area contributed by atoms with Gasteiger partial charge >= 0.3 is 0 Å². The van der Waals surface area contributed by atoms with Gasteiger partial charge in [0.15, 0.2) is 5.96 Å². The zero-order chi connectivity index (χ0) is 16.9. The average Bonchev–Trinajstić information content (AvgIpc) is 3.01. The van der Waals surface area contributed by atoms with Gasteiger partial charge in [0, 0.05) is 25.0 Å². The van der Waals surface area contributed by atoms with Gasteiger partial charge in [0.25, 0.3) is 0 Å². The second-order valence-electron chi connectivity index (χ2n) is 6.49. The van der Waals surface area contributed by atoms with Gasteiger partial charge in [-0.2, -0.15) is 0 Å². The van der Waals surface area contributed by atoms with Crippen LogP contribution in [-0.4, -0.2) is 36.0 Å². The quantitative estimate of drug-likeness (QED) is 0.414. The van der Waals surface area contributed by atoms with Crippen LogP contribution in [0.25, 0.3) is 0 Å². The van der Waals surface area contributed by atoms with Crippen molar-refractivity contribution in [3.05, 3.63) is 52.0 Å². The fraction of sp³-hybridized carbons (Fsp3) is 0.474. The van der Waals surface area contributed by atoms with Crippen molar-refractivity contribution < 1.29 is 0 Å². The Balaban J connectivity index is 0.00000225. The van der Waals surface area contributed by atoms with Crippen molar-refractivity contribution in [3.8, 4) is 0 Å². The van der Waals surface area contributed by atoms with Crippen LogP contribution in [0.15, 0.2) is 40.8 Å². The number of hydrogen-bond acceptors (Lipinski definition) is 3. The molecule has 1 aliphatic rings. The minimum atomic E-state index is 0. The molecule has 1 aromatic carbocycles. The number of aryl methyl sites for hydroxylation is 1. The van der Waals surface area contributed by atoms with Crippen molar-refractivity contribution in [1.29, 1.82) is 0 Å². The second-order valence-corrected chi connectivity index (χ2v) is 7.43. The van der Waals surface area contributed by atoms with Gasteiger partial charge in [-0.3, -0.25) is 4.99 Å². The molecule has 6 heteroatoms. The summed E-state index contributed by atoms with van der Waals surface area (Å²) >= 11 is 1.70. The number of guanidine groups is 1. The molecule has 0 spiro atoms. The minimum Gasteiger partial charge on any atom is -0.351 e. The lowest BCUT2D eigenvalue weighted by Crippen LogP contribution is -2.47. The summed E-state index contributed by atoms with van der Waals surface area (Å²) in [6.45, 7) is 7.30. The molecule has 0 bridgehead atoms. The highest BCUT2D eigenvalue weighted by Gasteiger charge is 2.28. The topological polar surface area (TPSA) is 40.5 Å². The highest BCUT2D eigenvalue weighted by molar-refractivity contribution is 14.0. The fourth-order valence-electron chi connectivity index (χ4n) is 3.52. The van der Waals surface area contributed by atoms with Crippen LogP contribution in [0.4, 0.5) is 0 Å². The van der Waals surface area contributed by atoms with Crippen LogP contribution in [0, 0.1) is 12.8 Å². The lowest BCUT2D eigenvalue weighted by molar-refractivity contribution is 0.234. The van der Waals surface area contributed by atoms with Crippen LogP contribution < -0.4 is 5.32 Å². The van der Waals surface area contributed by atoms with Gasteiger partial charge in [0.2, 0.25) is 0 Å². The number of aliphatic imine (C=N–C) groups is 1. The van der Waals surface area contributed by atoms with E-state index in [4.69, 9.17) is 0 Å². The highest BCUT2D eigenvalue weighted by Crippen LogP contribution is 2.32. The maximum atomic E-state index is 4.49. The molecule has 136 valence electrons. The molecule has 25 heavy (non-hydrogen) atoms. The van der Waals surface area contributed by atoms with E-state index < -0.39 is 0 Å². The molecule has 2 unspecified atom stereocenters. The number of hydrogen-bond donors (Lipinski definition) is 1. The first-order chi connectivity index (χ1) is 11.7. The zero-order valence-electron chi connectivity index (χ0n) is 15.1. The Bertz CT molecular complexity index is 686. The number of rotatable bonds is 3. The van der Waals surface area contributed by atoms with Crippen molar-refractivity contribution in [2.45, 2.75) is 32.7 Å². The number of benzene rings is 1. The summed E-state index contributed by atoms with van der Waals surface area (Å²) in [5, 5.41) is 3.50. The fourth-order valence-corrected chi connectivity index (χ4v) is 4.24. The summed E-state index contributed by atoms with van der Waals surface area (Å²) in [4.78, 5) is 12.5. The second kappa shape index (κ2) is 9.52. The summed E-state index contributed by atoms with van der Waals surface area (Å²) < 4.78 is 0. The van der Waals surface area contributed by atoms with E-state index in [1.165, 1.54) is 16.9 Å². The molecule has 2 aromatic rings. The van der Waals surface area contributed by atoms with E-state index in [2.05, 4.69) is 64.4 Å². The molecular formula is C19H27IN4S. The van der Waals surface area contributed by atoms with E-state index in [-0.39, 0.29) is 24.0 Å². The molecule has 1 aromatic heterocycles. The van der Waals surface area contributed by atoms with E-state index in [0.717, 1.165) is 31.3 Å². The number of aromatic nitrogens is 1. The summed E-state index contributed by atoms with van der Waals surface area (Å²) in [6, 6.07) is 10.9. The molecule has 1 N–H and O–H groups in total. The molecule has 0 saturated carbocycles. The molecule has 0 amide bonds. The highest BCUT2D eigenvalue weighted by atomic mass is 127. The Morgan fingerprint density at radius 1 is 1.36 bits per heavy atom. The third-order valence-corrected chi connectivity index (χ3v) is 5.83. The maximum Gasteiger partial charge on any atom is 0.193 e. The standard InChI is InChI=1S/C19H26N4S.HI/c1-14-12-23(10-9-17(14)16-7-5-4-6-8-16)19(20-3)21-11-18-15(2)22-13-24-18;/h4-8,13-14,17H,9-12H2,1-3H3,(H,20,21);1H. The molecule has 2 atom stereocenters. The van der Waals surface area contributed by atoms with E-state index in [1.807, 2.05) is 12.6 Å². The first-order valence-electron chi connectivity index (χ1n) is 8.58. The Morgan fingerprint density at radius 2 is 2.12 bits per heavy atom. The number of likely N-dealkylation sites (tertiary alicyclic amines) is 1. The third kappa shape index (κ3) is 4.94. The van der Waals surface area contributed by atoms with Gasteiger partial charge in [0.05, 0.1) is 17.7 Å². The predicted octanol–water partition coefficient (Wildman–Crippen LogP) is 4.27. The summed E-state index contributed by atoms with van der Waals surface area (Å²) in [5.74, 6) is 2.26. The van der Waals surface area contributed by atoms with Crippen LogP contribution in [-0.2, 0) is 6.54 Å². The van der Waals surface area contributed by atoms with Crippen LogP contribution >= 0.6 is 35.3 Å². The van der Waals surface area contributed by atoms with Gasteiger partial charge in [-0.15, -0.1) is 35.3 Å². The van der Waals surface area contributed by atoms with E-state index in [9.17, 15) is 0 Å². The Hall–Kier alpha value is -1.15. The van der Waals surface area contributed by atoms with Crippen molar-refractivity contribution in [2.75, 3.05) is 20.1 Å². The zero-order valence-corrected chi connectivity index (χ0v) is 18.3. The number of nitrogens with zero attached hydrogens (tertiary/aromatic N) is 3. The largest absolute Gasteiger partial charge is 0.351 e. The van der Waals surface area contributed by atoms with Crippen LogP contribution in [0.2, 0.25) is 0 Å². The normalized spacial score (nSPS) is 20.9. The summed E-state index contributed by atoms with van der Waals surface area (Å²) in [5.41, 5.74) is 4.48. The van der Waals surface area contributed by atoms with Gasteiger partial charge in [-0.25, -0.2) is 4.98 Å². The first-order valence-corrected chi connectivity index (χ1v) is 9.46. The van der Waals surface area contributed by atoms with Crippen molar-refractivity contribution in [2.24, 2.45) is 10.9 Å². The molecule has 1 fully saturated rings. The molecule has 4 nitrogen and oxygen atoms in total. The molecule has 2 heterocycles. The lowest BCUT2D eigenvalue weighted by atomic mass is 9.82. The van der Waals surface area contributed by atoms with Crippen LogP contribution in [0.1, 0.15) is 35.4 Å². The number of thiazole rings is 1. The Kier molecular flexibility index (Phi) is 7.68. The van der Waals surface area contributed by atoms with Gasteiger partial charge in [0.1, 0.15) is 0 Å². The van der Waals surface area contributed by atoms with E-state index >= 15 is 0 Å². The molecule has 1 saturated heterocycles. The number of piperidine rings is 1. The minimum absolute atomic E-state index is 0. The third-order valence-electron chi connectivity index (χ3n) is 4.90. The summed E-state index contributed by atoms with van der Waals surface area (Å²) in [6.07, 6.45) is 1.17. The molecular weight excluding hydrogens is 443 g/mol. The molecule has 0 radical (unpaired) electrons. The number of halogens is 1. The SMILES string of the molecule is CN=C(NCc1scnc1C)N1CCC(c2ccccc2)C(C)C1.I.